The molecule has 1 heterocycles. The van der Waals surface area contributed by atoms with Crippen LogP contribution in [-0.2, 0) is 0 Å². The minimum Gasteiger partial charge on any atom is -0.493 e. The van der Waals surface area contributed by atoms with Crippen LogP contribution in [0.4, 0.5) is 0 Å². The van der Waals surface area contributed by atoms with E-state index in [4.69, 9.17) is 19.4 Å². The van der Waals surface area contributed by atoms with Crippen molar-refractivity contribution in [1.29, 1.82) is 0 Å². The molecule has 0 saturated heterocycles. The van der Waals surface area contributed by atoms with Crippen LogP contribution in [-0.4, -0.2) is 29.4 Å². The van der Waals surface area contributed by atoms with E-state index < -0.39 is 17.2 Å². The van der Waals surface area contributed by atoms with Gasteiger partial charge in [0.1, 0.15) is 16.7 Å². The number of hydrogen-bond donors (Lipinski definition) is 2. The first kappa shape index (κ1) is 13.1. The summed E-state index contributed by atoms with van der Waals surface area (Å²) in [4.78, 5) is 22.7. The summed E-state index contributed by atoms with van der Waals surface area (Å²) in [5, 5.41) is 17.7. The molecule has 0 atom stereocenters. The molecular weight excluding hydrogens is 252 g/mol. The van der Waals surface area contributed by atoms with Gasteiger partial charge in [0.05, 0.1) is 6.61 Å². The van der Waals surface area contributed by atoms with Crippen LogP contribution >= 0.6 is 0 Å². The first-order valence-corrected chi connectivity index (χ1v) is 5.67. The molecule has 0 spiro atoms. The fourth-order valence-electron chi connectivity index (χ4n) is 1.65. The molecule has 1 aromatic carbocycles. The van der Waals surface area contributed by atoms with Crippen LogP contribution < -0.4 is 10.2 Å². The summed E-state index contributed by atoms with van der Waals surface area (Å²) in [6.45, 7) is 0.248. The number of ether oxygens (including phenoxy) is 1. The number of benzene rings is 1. The first-order valence-electron chi connectivity index (χ1n) is 5.67. The van der Waals surface area contributed by atoms with E-state index in [2.05, 4.69) is 0 Å². The number of carbonyl (C=O) groups is 1. The van der Waals surface area contributed by atoms with Gasteiger partial charge in [-0.1, -0.05) is 6.07 Å². The van der Waals surface area contributed by atoms with Crippen LogP contribution in [0, 0.1) is 0 Å². The van der Waals surface area contributed by atoms with Crippen molar-refractivity contribution in [2.45, 2.75) is 6.42 Å². The molecule has 2 aromatic rings. The lowest BCUT2D eigenvalue weighted by molar-refractivity contribution is 0.0663. The normalized spacial score (nSPS) is 10.6. The van der Waals surface area contributed by atoms with Crippen molar-refractivity contribution < 1.29 is 24.2 Å². The van der Waals surface area contributed by atoms with E-state index in [1.165, 1.54) is 6.07 Å². The van der Waals surface area contributed by atoms with Crippen molar-refractivity contribution in [2.24, 2.45) is 0 Å². The molecule has 0 aliphatic carbocycles. The Bertz CT molecular complexity index is 658. The summed E-state index contributed by atoms with van der Waals surface area (Å²) in [5.74, 6) is -1.40. The van der Waals surface area contributed by atoms with Gasteiger partial charge in [0, 0.05) is 19.1 Å². The van der Waals surface area contributed by atoms with Crippen molar-refractivity contribution in [1.82, 2.24) is 0 Å². The Balaban J connectivity index is 2.50. The Labute approximate surface area is 107 Å². The molecular formula is C13H12O6. The van der Waals surface area contributed by atoms with E-state index in [1.807, 2.05) is 0 Å². The highest BCUT2D eigenvalue weighted by Crippen LogP contribution is 2.23. The van der Waals surface area contributed by atoms with E-state index in [-0.39, 0.29) is 24.2 Å². The number of hydrogen-bond acceptors (Lipinski definition) is 5. The van der Waals surface area contributed by atoms with Gasteiger partial charge in [-0.2, -0.15) is 0 Å². The van der Waals surface area contributed by atoms with Crippen molar-refractivity contribution in [3.05, 3.63) is 40.2 Å². The zero-order valence-corrected chi connectivity index (χ0v) is 9.96. The summed E-state index contributed by atoms with van der Waals surface area (Å²) in [6.07, 6.45) is 0.439. The predicted molar refractivity (Wildman–Crippen MR) is 66.6 cm³/mol. The standard InChI is InChI=1S/C13H12O6/c14-5-2-6-18-9-3-1-4-10-12(9)8(15)7-11(19-10)13(16)17/h1,3-4,7,14H,2,5-6H2,(H,16,17). The van der Waals surface area contributed by atoms with Crippen molar-refractivity contribution in [3.8, 4) is 5.75 Å². The molecule has 6 nitrogen and oxygen atoms in total. The number of aliphatic hydroxyl groups is 1. The van der Waals surface area contributed by atoms with Crippen molar-refractivity contribution >= 4 is 16.9 Å². The highest BCUT2D eigenvalue weighted by atomic mass is 16.5. The molecule has 0 saturated carbocycles. The zero-order valence-electron chi connectivity index (χ0n) is 9.96. The van der Waals surface area contributed by atoms with Crippen molar-refractivity contribution in [3.63, 3.8) is 0 Å². The van der Waals surface area contributed by atoms with E-state index >= 15 is 0 Å². The van der Waals surface area contributed by atoms with Gasteiger partial charge in [-0.15, -0.1) is 0 Å². The Morgan fingerprint density at radius 1 is 1.37 bits per heavy atom. The Hall–Kier alpha value is -2.34. The van der Waals surface area contributed by atoms with Crippen LogP contribution in [0.5, 0.6) is 5.75 Å². The molecule has 1 aromatic heterocycles. The van der Waals surface area contributed by atoms with Gasteiger partial charge >= 0.3 is 5.97 Å². The predicted octanol–water partition coefficient (Wildman–Crippen LogP) is 1.25. The summed E-state index contributed by atoms with van der Waals surface area (Å²) >= 11 is 0. The highest BCUT2D eigenvalue weighted by Gasteiger charge is 2.13. The second kappa shape index (κ2) is 5.53. The maximum absolute atomic E-state index is 11.9. The fraction of sp³-hybridized carbons (Fsp3) is 0.231. The lowest BCUT2D eigenvalue weighted by Crippen LogP contribution is -2.09. The summed E-state index contributed by atoms with van der Waals surface area (Å²) in [7, 11) is 0. The molecule has 0 amide bonds. The smallest absolute Gasteiger partial charge is 0.371 e. The summed E-state index contributed by atoms with van der Waals surface area (Å²) < 4.78 is 10.5. The van der Waals surface area contributed by atoms with Crippen LogP contribution in [0.15, 0.2) is 33.5 Å². The largest absolute Gasteiger partial charge is 0.493 e. The third-order valence-electron chi connectivity index (χ3n) is 2.49. The topological polar surface area (TPSA) is 97.0 Å². The maximum Gasteiger partial charge on any atom is 0.371 e. The highest BCUT2D eigenvalue weighted by molar-refractivity contribution is 5.89. The molecule has 0 radical (unpaired) electrons. The van der Waals surface area contributed by atoms with Crippen molar-refractivity contribution in [2.75, 3.05) is 13.2 Å². The van der Waals surface area contributed by atoms with Crippen LogP contribution in [0.2, 0.25) is 0 Å². The molecule has 0 aliphatic heterocycles. The second-order valence-electron chi connectivity index (χ2n) is 3.83. The SMILES string of the molecule is O=C(O)c1cc(=O)c2c(OCCCO)cccc2o1. The van der Waals surface area contributed by atoms with Gasteiger partial charge in [-0.3, -0.25) is 4.79 Å². The number of fused-ring (bicyclic) bond motifs is 1. The molecule has 0 unspecified atom stereocenters. The Kier molecular flexibility index (Phi) is 3.82. The molecule has 100 valence electrons. The first-order chi connectivity index (χ1) is 9.13. The third-order valence-corrected chi connectivity index (χ3v) is 2.49. The number of rotatable bonds is 5. The molecule has 2 rings (SSSR count). The van der Waals surface area contributed by atoms with Gasteiger partial charge in [0.25, 0.3) is 0 Å². The molecule has 19 heavy (non-hydrogen) atoms. The Morgan fingerprint density at radius 3 is 2.84 bits per heavy atom. The van der Waals surface area contributed by atoms with Crippen LogP contribution in [0.3, 0.4) is 0 Å². The average Bonchev–Trinajstić information content (AvgIpc) is 2.38. The van der Waals surface area contributed by atoms with E-state index in [0.29, 0.717) is 12.2 Å². The summed E-state index contributed by atoms with van der Waals surface area (Å²) in [5.41, 5.74) is -0.315. The summed E-state index contributed by atoms with van der Waals surface area (Å²) in [6, 6.07) is 5.62. The number of carboxylic acid groups (broad SMARTS) is 1. The van der Waals surface area contributed by atoms with E-state index in [9.17, 15) is 9.59 Å². The molecule has 0 bridgehead atoms. The molecule has 0 fully saturated rings. The molecule has 0 aliphatic rings. The fourth-order valence-corrected chi connectivity index (χ4v) is 1.65. The van der Waals surface area contributed by atoms with Gasteiger partial charge in [0.15, 0.2) is 5.43 Å². The Morgan fingerprint density at radius 2 is 2.16 bits per heavy atom. The molecule has 6 heteroatoms. The van der Waals surface area contributed by atoms with Gasteiger partial charge in [-0.25, -0.2) is 4.79 Å². The lowest BCUT2D eigenvalue weighted by Gasteiger charge is -2.07. The van der Waals surface area contributed by atoms with Crippen LogP contribution in [0.25, 0.3) is 11.0 Å². The quantitative estimate of drug-likeness (QED) is 0.789. The second-order valence-corrected chi connectivity index (χ2v) is 3.83. The lowest BCUT2D eigenvalue weighted by atomic mass is 10.2. The minimum atomic E-state index is -1.30. The van der Waals surface area contributed by atoms with E-state index in [0.717, 1.165) is 6.07 Å². The maximum atomic E-state index is 11.9. The third kappa shape index (κ3) is 2.74. The number of aromatic carboxylic acids is 1. The molecule has 2 N–H and O–H groups in total. The van der Waals surface area contributed by atoms with Gasteiger partial charge in [-0.05, 0) is 12.1 Å². The zero-order chi connectivity index (χ0) is 13.8. The van der Waals surface area contributed by atoms with Crippen LogP contribution in [0.1, 0.15) is 17.0 Å². The van der Waals surface area contributed by atoms with Gasteiger partial charge in [0.2, 0.25) is 5.76 Å². The van der Waals surface area contributed by atoms with E-state index in [1.54, 1.807) is 12.1 Å². The van der Waals surface area contributed by atoms with Gasteiger partial charge < -0.3 is 19.4 Å². The average molecular weight is 264 g/mol. The monoisotopic (exact) mass is 264 g/mol. The number of carboxylic acids is 1. The minimum absolute atomic E-state index is 0.0114. The number of aliphatic hydroxyl groups excluding tert-OH is 1.